The summed E-state index contributed by atoms with van der Waals surface area (Å²) in [5.41, 5.74) is 11.5. The van der Waals surface area contributed by atoms with Gasteiger partial charge in [-0.15, -0.1) is 31.4 Å². The van der Waals surface area contributed by atoms with Crippen molar-refractivity contribution < 1.29 is 50.2 Å². The Balaban J connectivity index is 0.000000246. The van der Waals surface area contributed by atoms with E-state index in [1.807, 2.05) is 0 Å². The molecule has 0 atom stereocenters. The monoisotopic (exact) mass is 908 g/mol. The van der Waals surface area contributed by atoms with Crippen molar-refractivity contribution in [1.82, 2.24) is 15.0 Å². The topological polar surface area (TPSA) is 149 Å². The van der Waals surface area contributed by atoms with Gasteiger partial charge in [-0.25, -0.2) is 4.68 Å². The summed E-state index contributed by atoms with van der Waals surface area (Å²) in [6.07, 6.45) is -6.20. The van der Waals surface area contributed by atoms with E-state index < -0.39 is 12.7 Å². The van der Waals surface area contributed by atoms with E-state index in [4.69, 9.17) is 5.53 Å². The lowest BCUT2D eigenvalue weighted by Gasteiger charge is -2.12. The standard InChI is InChI=1S/C18H13BrF3N3O2.C10H7F3O2.C9H8BrN3O/c1-2-17(26)14-8-5-12(19)9-15(14)25-16(10-23-24-25)11-3-6-13(7-4-11)27-18(20,21)22;1-2-9(14)7-3-5-8(6-4-7)15-10(11,12)13;1-2-9(14)7-4-3-6(10)5-8(7)12-13-11/h3-10H,2H2,1H3;2-6H,1H2;3-5H,2H2,1H3. The average molecular weight is 910 g/mol. The van der Waals surface area contributed by atoms with Gasteiger partial charge >= 0.3 is 12.7 Å². The summed E-state index contributed by atoms with van der Waals surface area (Å²) in [5, 5.41) is 11.4. The number of rotatable bonds is 11. The van der Waals surface area contributed by atoms with Crippen molar-refractivity contribution in [2.75, 3.05) is 0 Å². The molecule has 4 aromatic carbocycles. The highest BCUT2D eigenvalue weighted by Crippen LogP contribution is 2.30. The Morgan fingerprint density at radius 2 is 1.30 bits per heavy atom. The van der Waals surface area contributed by atoms with Crippen molar-refractivity contribution >= 4 is 54.9 Å². The number of nitrogens with zero attached hydrogens (tertiary/aromatic N) is 6. The Kier molecular flexibility index (Phi) is 16.1. The summed E-state index contributed by atoms with van der Waals surface area (Å²) in [6, 6.07) is 20.2. The molecule has 1 aromatic heterocycles. The van der Waals surface area contributed by atoms with Crippen LogP contribution in [0.15, 0.2) is 118 Å². The number of halogens is 8. The molecule has 0 saturated carbocycles. The molecule has 0 aliphatic rings. The molecule has 56 heavy (non-hydrogen) atoms. The maximum absolute atomic E-state index is 12.3. The van der Waals surface area contributed by atoms with Gasteiger partial charge in [0, 0.05) is 54.6 Å². The zero-order valence-electron chi connectivity index (χ0n) is 29.1. The maximum atomic E-state index is 12.3. The number of benzene rings is 4. The quantitative estimate of drug-likeness (QED) is 0.0320. The number of ether oxygens (including phenoxy) is 2. The highest BCUT2D eigenvalue weighted by Gasteiger charge is 2.31. The van der Waals surface area contributed by atoms with Crippen LogP contribution in [0, 0.1) is 0 Å². The van der Waals surface area contributed by atoms with Crippen LogP contribution >= 0.6 is 31.9 Å². The van der Waals surface area contributed by atoms with E-state index in [2.05, 4.69) is 68.3 Å². The lowest BCUT2D eigenvalue weighted by molar-refractivity contribution is -0.275. The second-order valence-electron chi connectivity index (χ2n) is 10.8. The third-order valence-electron chi connectivity index (χ3n) is 7.03. The number of aromatic nitrogens is 3. The molecule has 0 aliphatic carbocycles. The molecular formula is C37H28Br2F6N6O5. The molecule has 0 fully saturated rings. The van der Waals surface area contributed by atoms with Gasteiger partial charge in [-0.05, 0) is 96.5 Å². The smallest absolute Gasteiger partial charge is 0.406 e. The highest BCUT2D eigenvalue weighted by molar-refractivity contribution is 9.10. The van der Waals surface area contributed by atoms with Crippen LogP contribution < -0.4 is 9.47 Å². The molecule has 5 aromatic rings. The molecule has 292 valence electrons. The third-order valence-corrected chi connectivity index (χ3v) is 8.02. The van der Waals surface area contributed by atoms with E-state index in [1.165, 1.54) is 47.3 Å². The summed E-state index contributed by atoms with van der Waals surface area (Å²) in [7, 11) is 0. The first-order valence-corrected chi connectivity index (χ1v) is 17.5. The van der Waals surface area contributed by atoms with Crippen molar-refractivity contribution in [2.45, 2.75) is 39.4 Å². The number of allylic oxidation sites excluding steroid dienone is 1. The molecule has 5 rings (SSSR count). The summed E-state index contributed by atoms with van der Waals surface area (Å²) in [4.78, 5) is 37.4. The van der Waals surface area contributed by atoms with Crippen LogP contribution in [0.25, 0.3) is 27.4 Å². The van der Waals surface area contributed by atoms with Crippen LogP contribution in [0.3, 0.4) is 0 Å². The molecule has 0 unspecified atom stereocenters. The van der Waals surface area contributed by atoms with Crippen LogP contribution in [0.1, 0.15) is 57.8 Å². The van der Waals surface area contributed by atoms with E-state index >= 15 is 0 Å². The first kappa shape index (κ1) is 44.6. The molecule has 11 nitrogen and oxygen atoms in total. The minimum atomic E-state index is -4.75. The number of hydrogen-bond acceptors (Lipinski definition) is 8. The van der Waals surface area contributed by atoms with E-state index in [-0.39, 0.29) is 34.4 Å². The normalized spacial score (nSPS) is 10.8. The van der Waals surface area contributed by atoms with E-state index in [0.29, 0.717) is 46.6 Å². The van der Waals surface area contributed by atoms with E-state index in [9.17, 15) is 40.7 Å². The van der Waals surface area contributed by atoms with Gasteiger partial charge in [0.1, 0.15) is 11.5 Å². The summed E-state index contributed by atoms with van der Waals surface area (Å²) in [6.45, 7) is 6.79. The molecule has 0 amide bonds. The number of carbonyl (C=O) groups is 3. The van der Waals surface area contributed by atoms with Gasteiger partial charge in [0.15, 0.2) is 17.3 Å². The van der Waals surface area contributed by atoms with Crippen molar-refractivity contribution in [2.24, 2.45) is 5.11 Å². The van der Waals surface area contributed by atoms with Crippen molar-refractivity contribution in [3.05, 3.63) is 140 Å². The number of ketones is 3. The van der Waals surface area contributed by atoms with Gasteiger partial charge in [-0.1, -0.05) is 62.6 Å². The molecule has 0 bridgehead atoms. The molecule has 0 spiro atoms. The zero-order valence-corrected chi connectivity index (χ0v) is 32.3. The fourth-order valence-corrected chi connectivity index (χ4v) is 5.24. The summed E-state index contributed by atoms with van der Waals surface area (Å²) >= 11 is 6.62. The molecule has 0 N–H and O–H groups in total. The Labute approximate surface area is 331 Å². The van der Waals surface area contributed by atoms with Crippen molar-refractivity contribution in [3.63, 3.8) is 0 Å². The highest BCUT2D eigenvalue weighted by atomic mass is 79.9. The molecule has 19 heteroatoms. The predicted octanol–water partition coefficient (Wildman–Crippen LogP) is 12.1. The van der Waals surface area contributed by atoms with Gasteiger partial charge in [0.25, 0.3) is 0 Å². The fraction of sp³-hybridized carbons (Fsp3) is 0.162. The molecule has 0 aliphatic heterocycles. The van der Waals surface area contributed by atoms with Crippen LogP contribution in [0.2, 0.25) is 0 Å². The molecule has 0 saturated heterocycles. The van der Waals surface area contributed by atoms with Gasteiger partial charge in [0.2, 0.25) is 0 Å². The zero-order chi connectivity index (χ0) is 41.6. The minimum Gasteiger partial charge on any atom is -0.406 e. The van der Waals surface area contributed by atoms with Crippen molar-refractivity contribution in [3.8, 4) is 28.4 Å². The van der Waals surface area contributed by atoms with Gasteiger partial charge in [0.05, 0.1) is 17.6 Å². The van der Waals surface area contributed by atoms with Crippen LogP contribution in [-0.4, -0.2) is 45.1 Å². The van der Waals surface area contributed by atoms with Crippen molar-refractivity contribution in [1.29, 1.82) is 0 Å². The Hall–Kier alpha value is -5.78. The van der Waals surface area contributed by atoms with Gasteiger partial charge in [-0.2, -0.15) is 0 Å². The maximum Gasteiger partial charge on any atom is 0.573 e. The number of Topliss-reactive ketones (excluding diaryl/α,β-unsaturated/α-hetero) is 2. The summed E-state index contributed by atoms with van der Waals surface area (Å²) < 4.78 is 82.7. The molecule has 1 heterocycles. The number of hydrogen-bond donors (Lipinski definition) is 0. The first-order chi connectivity index (χ1) is 26.4. The van der Waals surface area contributed by atoms with Crippen LogP contribution in [0.4, 0.5) is 32.0 Å². The average Bonchev–Trinajstić information content (AvgIpc) is 3.64. The number of azide groups is 1. The van der Waals surface area contributed by atoms with E-state index in [0.717, 1.165) is 27.2 Å². The predicted molar refractivity (Wildman–Crippen MR) is 201 cm³/mol. The number of carbonyl (C=O) groups excluding carboxylic acids is 3. The lowest BCUT2D eigenvalue weighted by Crippen LogP contribution is -2.17. The SMILES string of the molecule is C=CC(=O)c1ccc(OC(F)(F)F)cc1.CCC(=O)c1ccc(Br)cc1-n1nncc1-c1ccc(OC(F)(F)F)cc1.CCC(=O)c1ccc(Br)cc1N=[N+]=[N-]. The number of alkyl halides is 6. The lowest BCUT2D eigenvalue weighted by atomic mass is 10.1. The molecule has 0 radical (unpaired) electrons. The Morgan fingerprint density at radius 1 is 0.804 bits per heavy atom. The molecular weight excluding hydrogens is 882 g/mol. The summed E-state index contributed by atoms with van der Waals surface area (Å²) in [5.74, 6) is -1.13. The van der Waals surface area contributed by atoms with E-state index in [1.54, 1.807) is 50.2 Å². The third kappa shape index (κ3) is 13.5. The Morgan fingerprint density at radius 3 is 1.80 bits per heavy atom. The van der Waals surface area contributed by atoms with Gasteiger partial charge < -0.3 is 9.47 Å². The second kappa shape index (κ2) is 20.2. The van der Waals surface area contributed by atoms with Gasteiger partial charge in [-0.3, -0.25) is 14.4 Å². The fourth-order valence-electron chi connectivity index (χ4n) is 4.54. The minimum absolute atomic E-state index is 0.0279. The first-order valence-electron chi connectivity index (χ1n) is 15.9. The second-order valence-corrected chi connectivity index (χ2v) is 12.6. The van der Waals surface area contributed by atoms with Crippen LogP contribution in [-0.2, 0) is 0 Å². The Bertz CT molecular complexity index is 2220. The largest absolute Gasteiger partial charge is 0.573 e. The van der Waals surface area contributed by atoms with Crippen LogP contribution in [0.5, 0.6) is 11.5 Å².